The van der Waals surface area contributed by atoms with E-state index in [1.807, 2.05) is 42.5 Å². The van der Waals surface area contributed by atoms with Crippen molar-refractivity contribution in [1.82, 2.24) is 10.2 Å². The van der Waals surface area contributed by atoms with Crippen LogP contribution in [0.1, 0.15) is 4.88 Å². The zero-order valence-corrected chi connectivity index (χ0v) is 18.4. The summed E-state index contributed by atoms with van der Waals surface area (Å²) in [6.45, 7) is -0.362. The Kier molecular flexibility index (Phi) is 6.41. The van der Waals surface area contributed by atoms with E-state index < -0.39 is 17.8 Å². The van der Waals surface area contributed by atoms with E-state index in [9.17, 15) is 14.4 Å². The van der Waals surface area contributed by atoms with Crippen molar-refractivity contribution in [3.63, 3.8) is 0 Å². The van der Waals surface area contributed by atoms with Crippen LogP contribution in [0.3, 0.4) is 0 Å². The minimum atomic E-state index is -0.619. The lowest BCUT2D eigenvalue weighted by molar-refractivity contribution is -0.127. The molecule has 1 aromatic heterocycles. The summed E-state index contributed by atoms with van der Waals surface area (Å²) in [5.41, 5.74) is 0.738. The van der Waals surface area contributed by atoms with Gasteiger partial charge in [0.15, 0.2) is 0 Å². The predicted octanol–water partition coefficient (Wildman–Crippen LogP) is 5.08. The number of imide groups is 1. The van der Waals surface area contributed by atoms with E-state index in [-0.39, 0.29) is 12.2 Å². The zero-order valence-electron chi connectivity index (χ0n) is 16.0. The van der Waals surface area contributed by atoms with Crippen LogP contribution in [0.15, 0.2) is 81.5 Å². The van der Waals surface area contributed by atoms with Gasteiger partial charge in [-0.1, -0.05) is 41.6 Å². The van der Waals surface area contributed by atoms with E-state index in [0.717, 1.165) is 18.9 Å². The van der Waals surface area contributed by atoms with Crippen molar-refractivity contribution in [2.75, 3.05) is 11.9 Å². The number of thiophene rings is 1. The minimum Gasteiger partial charge on any atom is -0.325 e. The van der Waals surface area contributed by atoms with E-state index >= 15 is 0 Å². The Morgan fingerprint density at radius 1 is 1.06 bits per heavy atom. The molecule has 0 atom stereocenters. The van der Waals surface area contributed by atoms with E-state index in [1.54, 1.807) is 42.1 Å². The van der Waals surface area contributed by atoms with Gasteiger partial charge in [0.2, 0.25) is 5.91 Å². The molecule has 0 saturated carbocycles. The molecule has 0 bridgehead atoms. The number of hydrogen-bond donors (Lipinski definition) is 2. The minimum absolute atomic E-state index is 0.141. The summed E-state index contributed by atoms with van der Waals surface area (Å²) in [6, 6.07) is 19.6. The largest absolute Gasteiger partial charge is 0.329 e. The van der Waals surface area contributed by atoms with Gasteiger partial charge in [-0.2, -0.15) is 0 Å². The first-order chi connectivity index (χ1) is 15.0. The number of hydrogen-bond acceptors (Lipinski definition) is 5. The molecule has 156 valence electrons. The summed E-state index contributed by atoms with van der Waals surface area (Å²) in [7, 11) is 0. The summed E-state index contributed by atoms with van der Waals surface area (Å²) in [5, 5.41) is 5.88. The fourth-order valence-electron chi connectivity index (χ4n) is 2.81. The molecular weight excluding hydrogens is 454 g/mol. The maximum atomic E-state index is 12.6. The molecule has 3 aromatic rings. The highest BCUT2D eigenvalue weighted by Gasteiger charge is 2.35. The van der Waals surface area contributed by atoms with Crippen molar-refractivity contribution >= 4 is 64.3 Å². The Balaban J connectivity index is 1.40. The number of anilines is 1. The van der Waals surface area contributed by atoms with Gasteiger partial charge >= 0.3 is 6.03 Å². The number of rotatable bonds is 6. The lowest BCUT2D eigenvalue weighted by atomic mass is 10.3. The van der Waals surface area contributed by atoms with E-state index in [4.69, 9.17) is 11.6 Å². The summed E-state index contributed by atoms with van der Waals surface area (Å²) in [4.78, 5) is 39.8. The van der Waals surface area contributed by atoms with Crippen molar-refractivity contribution < 1.29 is 14.4 Å². The predicted molar refractivity (Wildman–Crippen MR) is 123 cm³/mol. The van der Waals surface area contributed by atoms with Gasteiger partial charge in [0, 0.05) is 20.5 Å². The number of benzene rings is 2. The van der Waals surface area contributed by atoms with Crippen LogP contribution in [0.25, 0.3) is 6.08 Å². The molecular formula is C22H16ClN3O3S2. The van der Waals surface area contributed by atoms with Gasteiger partial charge in [-0.15, -0.1) is 11.3 Å². The highest BCUT2D eigenvalue weighted by Crippen LogP contribution is 2.34. The number of carbonyl (C=O) groups excluding carboxylic acids is 3. The second-order valence-electron chi connectivity index (χ2n) is 6.51. The number of amides is 4. The molecule has 2 aromatic carbocycles. The first kappa shape index (κ1) is 21.2. The maximum absolute atomic E-state index is 12.6. The molecule has 0 radical (unpaired) electrons. The molecule has 4 amide bonds. The lowest BCUT2D eigenvalue weighted by Crippen LogP contribution is -2.38. The first-order valence-corrected chi connectivity index (χ1v) is 11.2. The molecule has 1 aliphatic rings. The van der Waals surface area contributed by atoms with Gasteiger partial charge in [-0.3, -0.25) is 9.59 Å². The average molecular weight is 470 g/mol. The van der Waals surface area contributed by atoms with Crippen molar-refractivity contribution in [2.45, 2.75) is 9.10 Å². The third-order valence-electron chi connectivity index (χ3n) is 4.24. The standard InChI is InChI=1S/C22H16ClN3O3S2/c23-14-6-8-16(9-7-14)30-20-11-10-17(31-20)12-18-21(28)26(22(29)25-18)13-19(27)24-15-4-2-1-3-5-15/h1-12H,13H2,(H,24,27)(H,25,29). The quantitative estimate of drug-likeness (QED) is 0.389. The summed E-state index contributed by atoms with van der Waals surface area (Å²) >= 11 is 8.99. The molecule has 1 fully saturated rings. The molecule has 2 heterocycles. The van der Waals surface area contributed by atoms with Crippen LogP contribution in [0.5, 0.6) is 0 Å². The third kappa shape index (κ3) is 5.35. The number of carbonyl (C=O) groups is 3. The van der Waals surface area contributed by atoms with Crippen LogP contribution < -0.4 is 10.6 Å². The summed E-state index contributed by atoms with van der Waals surface area (Å²) in [5.74, 6) is -0.984. The topological polar surface area (TPSA) is 78.5 Å². The van der Waals surface area contributed by atoms with Crippen LogP contribution in [0.2, 0.25) is 5.02 Å². The van der Waals surface area contributed by atoms with E-state index in [1.165, 1.54) is 11.3 Å². The Morgan fingerprint density at radius 3 is 2.55 bits per heavy atom. The SMILES string of the molecule is O=C(CN1C(=O)NC(=Cc2ccc(Sc3ccc(Cl)cc3)s2)C1=O)Nc1ccccc1. The Bertz CT molecular complexity index is 1160. The average Bonchev–Trinajstić information content (AvgIpc) is 3.30. The number of halogens is 1. The normalized spacial score (nSPS) is 14.7. The van der Waals surface area contributed by atoms with Gasteiger partial charge in [0.1, 0.15) is 12.2 Å². The summed E-state index contributed by atoms with van der Waals surface area (Å²) < 4.78 is 1.03. The van der Waals surface area contributed by atoms with Crippen LogP contribution >= 0.6 is 34.7 Å². The smallest absolute Gasteiger partial charge is 0.325 e. The van der Waals surface area contributed by atoms with Crippen LogP contribution in [0.4, 0.5) is 10.5 Å². The zero-order chi connectivity index (χ0) is 21.8. The van der Waals surface area contributed by atoms with Crippen molar-refractivity contribution in [1.29, 1.82) is 0 Å². The number of para-hydroxylation sites is 1. The van der Waals surface area contributed by atoms with Gasteiger partial charge in [-0.25, -0.2) is 9.69 Å². The summed E-state index contributed by atoms with van der Waals surface area (Å²) in [6.07, 6.45) is 1.62. The molecule has 2 N–H and O–H groups in total. The molecule has 1 saturated heterocycles. The second kappa shape index (κ2) is 9.38. The van der Waals surface area contributed by atoms with Crippen molar-refractivity contribution in [3.05, 3.63) is 82.3 Å². The monoisotopic (exact) mass is 469 g/mol. The number of urea groups is 1. The molecule has 0 unspecified atom stereocenters. The molecule has 0 spiro atoms. The van der Waals surface area contributed by atoms with E-state index in [0.29, 0.717) is 10.7 Å². The molecule has 0 aliphatic carbocycles. The third-order valence-corrected chi connectivity index (χ3v) is 6.67. The Labute approximate surface area is 191 Å². The highest BCUT2D eigenvalue weighted by molar-refractivity contribution is 8.01. The highest BCUT2D eigenvalue weighted by atomic mass is 35.5. The lowest BCUT2D eigenvalue weighted by Gasteiger charge is -2.11. The second-order valence-corrected chi connectivity index (χ2v) is 9.43. The Morgan fingerprint density at radius 2 is 1.81 bits per heavy atom. The molecule has 1 aliphatic heterocycles. The number of nitrogens with zero attached hydrogens (tertiary/aromatic N) is 1. The maximum Gasteiger partial charge on any atom is 0.329 e. The van der Waals surface area contributed by atoms with Crippen molar-refractivity contribution in [2.24, 2.45) is 0 Å². The van der Waals surface area contributed by atoms with Gasteiger partial charge in [0.05, 0.1) is 4.21 Å². The van der Waals surface area contributed by atoms with Crippen molar-refractivity contribution in [3.8, 4) is 0 Å². The fourth-order valence-corrected chi connectivity index (χ4v) is 5.00. The van der Waals surface area contributed by atoms with Crippen LogP contribution in [-0.4, -0.2) is 29.3 Å². The molecule has 6 nitrogen and oxygen atoms in total. The van der Waals surface area contributed by atoms with Gasteiger partial charge < -0.3 is 10.6 Å². The molecule has 9 heteroatoms. The van der Waals surface area contributed by atoms with Gasteiger partial charge in [-0.05, 0) is 54.6 Å². The van der Waals surface area contributed by atoms with E-state index in [2.05, 4.69) is 10.6 Å². The van der Waals surface area contributed by atoms with Gasteiger partial charge in [0.25, 0.3) is 5.91 Å². The first-order valence-electron chi connectivity index (χ1n) is 9.20. The number of nitrogens with one attached hydrogen (secondary N) is 2. The molecule has 4 rings (SSSR count). The Hall–Kier alpha value is -3.07. The van der Waals surface area contributed by atoms with Crippen LogP contribution in [-0.2, 0) is 9.59 Å². The van der Waals surface area contributed by atoms with Crippen LogP contribution in [0, 0.1) is 0 Å². The fraction of sp³-hybridized carbons (Fsp3) is 0.0455. The molecule has 31 heavy (non-hydrogen) atoms.